The molecule has 1 aromatic carbocycles. The Labute approximate surface area is 132 Å². The van der Waals surface area contributed by atoms with Gasteiger partial charge >= 0.3 is 6.18 Å². The van der Waals surface area contributed by atoms with Crippen molar-refractivity contribution >= 4 is 24.0 Å². The highest BCUT2D eigenvalue weighted by molar-refractivity contribution is 6.31. The molecular weight excluding hydrogens is 328 g/mol. The number of rotatable bonds is 3. The van der Waals surface area contributed by atoms with Gasteiger partial charge in [0.25, 0.3) is 0 Å². The van der Waals surface area contributed by atoms with Crippen molar-refractivity contribution in [2.45, 2.75) is 12.2 Å². The summed E-state index contributed by atoms with van der Waals surface area (Å²) < 4.78 is 38.0. The van der Waals surface area contributed by atoms with Crippen LogP contribution in [0.25, 0.3) is 0 Å². The average molecular weight is 345 g/mol. The zero-order chi connectivity index (χ0) is 14.8. The van der Waals surface area contributed by atoms with Crippen molar-refractivity contribution in [3.05, 3.63) is 34.3 Å². The van der Waals surface area contributed by atoms with Crippen LogP contribution in [-0.4, -0.2) is 42.8 Å². The standard InChI is InChI=1S/C13H16ClF3N2O.ClH/c14-11-7-9(1-2-10(11)13(15,16)17)12(8-20)19-5-3-18-4-6-19;/h1-2,7,12,18,20H,3-6,8H2;1H/t12-;/m0./s1. The zero-order valence-electron chi connectivity index (χ0n) is 11.2. The summed E-state index contributed by atoms with van der Waals surface area (Å²) in [5.41, 5.74) is -0.243. The van der Waals surface area contributed by atoms with Crippen LogP contribution < -0.4 is 5.32 Å². The Bertz CT molecular complexity index is 465. The number of benzene rings is 1. The van der Waals surface area contributed by atoms with Crippen molar-refractivity contribution in [1.29, 1.82) is 0 Å². The lowest BCUT2D eigenvalue weighted by atomic mass is 10.0. The Morgan fingerprint density at radius 2 is 1.90 bits per heavy atom. The first-order chi connectivity index (χ1) is 9.43. The topological polar surface area (TPSA) is 35.5 Å². The smallest absolute Gasteiger partial charge is 0.394 e. The summed E-state index contributed by atoms with van der Waals surface area (Å²) in [6.07, 6.45) is -4.46. The maximum absolute atomic E-state index is 12.7. The van der Waals surface area contributed by atoms with E-state index in [-0.39, 0.29) is 30.1 Å². The Balaban J connectivity index is 0.00000220. The Morgan fingerprint density at radius 1 is 1.29 bits per heavy atom. The minimum Gasteiger partial charge on any atom is -0.394 e. The van der Waals surface area contributed by atoms with Crippen LogP contribution in [0.4, 0.5) is 13.2 Å². The fourth-order valence-electron chi connectivity index (χ4n) is 2.39. The van der Waals surface area contributed by atoms with E-state index in [4.69, 9.17) is 11.6 Å². The molecule has 1 aliphatic heterocycles. The fourth-order valence-corrected chi connectivity index (χ4v) is 2.69. The van der Waals surface area contributed by atoms with Gasteiger partial charge in [-0.3, -0.25) is 4.90 Å². The second-order valence-electron chi connectivity index (χ2n) is 4.72. The van der Waals surface area contributed by atoms with Crippen LogP contribution in [0.2, 0.25) is 5.02 Å². The molecule has 0 amide bonds. The Morgan fingerprint density at radius 3 is 2.38 bits per heavy atom. The first-order valence-electron chi connectivity index (χ1n) is 6.35. The molecule has 1 saturated heterocycles. The second kappa shape index (κ2) is 7.65. The van der Waals surface area contributed by atoms with Crippen LogP contribution in [0, 0.1) is 0 Å². The normalized spacial score (nSPS) is 18.1. The summed E-state index contributed by atoms with van der Waals surface area (Å²) in [5, 5.41) is 12.4. The minimum absolute atomic E-state index is 0. The van der Waals surface area contributed by atoms with Gasteiger partial charge < -0.3 is 10.4 Å². The molecule has 0 bridgehead atoms. The summed E-state index contributed by atoms with van der Waals surface area (Å²) in [6, 6.07) is 3.34. The van der Waals surface area contributed by atoms with Crippen molar-refractivity contribution in [2.75, 3.05) is 32.8 Å². The highest BCUT2D eigenvalue weighted by atomic mass is 35.5. The van der Waals surface area contributed by atoms with Crippen LogP contribution in [-0.2, 0) is 6.18 Å². The molecule has 0 saturated carbocycles. The SMILES string of the molecule is Cl.OC[C@@H](c1ccc(C(F)(F)F)c(Cl)c1)N1CCNCC1. The van der Waals surface area contributed by atoms with Crippen molar-refractivity contribution in [3.8, 4) is 0 Å². The number of piperazine rings is 1. The van der Waals surface area contributed by atoms with Crippen molar-refractivity contribution in [3.63, 3.8) is 0 Å². The van der Waals surface area contributed by atoms with Gasteiger partial charge in [0.05, 0.1) is 23.2 Å². The summed E-state index contributed by atoms with van der Waals surface area (Å²) in [7, 11) is 0. The molecule has 0 spiro atoms. The van der Waals surface area contributed by atoms with Crippen molar-refractivity contribution in [2.24, 2.45) is 0 Å². The van der Waals surface area contributed by atoms with Gasteiger partial charge in [0.15, 0.2) is 0 Å². The third-order valence-corrected chi connectivity index (χ3v) is 3.76. The molecule has 1 aromatic rings. The van der Waals surface area contributed by atoms with E-state index in [1.54, 1.807) is 0 Å². The summed E-state index contributed by atoms with van der Waals surface area (Å²) in [5.74, 6) is 0. The molecule has 1 aliphatic rings. The number of nitrogens with one attached hydrogen (secondary N) is 1. The molecule has 0 aliphatic carbocycles. The molecule has 21 heavy (non-hydrogen) atoms. The Hall–Kier alpha value is -0.530. The fraction of sp³-hybridized carbons (Fsp3) is 0.538. The number of alkyl halides is 3. The van der Waals surface area contributed by atoms with E-state index in [0.717, 1.165) is 32.2 Å². The van der Waals surface area contributed by atoms with Crippen LogP contribution in [0.1, 0.15) is 17.2 Å². The van der Waals surface area contributed by atoms with Crippen LogP contribution in [0.5, 0.6) is 0 Å². The molecule has 1 atom stereocenters. The highest BCUT2D eigenvalue weighted by Crippen LogP contribution is 2.36. The van der Waals surface area contributed by atoms with E-state index < -0.39 is 11.7 Å². The van der Waals surface area contributed by atoms with E-state index in [9.17, 15) is 18.3 Å². The molecule has 1 fully saturated rings. The largest absolute Gasteiger partial charge is 0.417 e. The number of hydrogen-bond acceptors (Lipinski definition) is 3. The molecule has 0 aromatic heterocycles. The van der Waals surface area contributed by atoms with Gasteiger partial charge in [0.1, 0.15) is 0 Å². The van der Waals surface area contributed by atoms with Crippen molar-refractivity contribution in [1.82, 2.24) is 10.2 Å². The number of aliphatic hydroxyl groups excluding tert-OH is 1. The van der Waals surface area contributed by atoms with Gasteiger partial charge in [-0.15, -0.1) is 12.4 Å². The van der Waals surface area contributed by atoms with E-state index >= 15 is 0 Å². The second-order valence-corrected chi connectivity index (χ2v) is 5.13. The lowest BCUT2D eigenvalue weighted by Crippen LogP contribution is -2.46. The van der Waals surface area contributed by atoms with Crippen LogP contribution in [0.3, 0.4) is 0 Å². The number of nitrogens with zero attached hydrogens (tertiary/aromatic N) is 1. The molecule has 3 nitrogen and oxygen atoms in total. The Kier molecular flexibility index (Phi) is 6.74. The van der Waals surface area contributed by atoms with Crippen LogP contribution in [0.15, 0.2) is 18.2 Å². The van der Waals surface area contributed by atoms with Crippen LogP contribution >= 0.6 is 24.0 Å². The highest BCUT2D eigenvalue weighted by Gasteiger charge is 2.33. The lowest BCUT2D eigenvalue weighted by molar-refractivity contribution is -0.137. The predicted molar refractivity (Wildman–Crippen MR) is 78.0 cm³/mol. The van der Waals surface area contributed by atoms with E-state index in [1.807, 2.05) is 4.90 Å². The number of aliphatic hydroxyl groups is 1. The van der Waals surface area contributed by atoms with Crippen molar-refractivity contribution < 1.29 is 18.3 Å². The van der Waals surface area contributed by atoms with E-state index in [0.29, 0.717) is 5.56 Å². The molecule has 120 valence electrons. The summed E-state index contributed by atoms with van der Waals surface area (Å²) >= 11 is 5.72. The first kappa shape index (κ1) is 18.5. The van der Waals surface area contributed by atoms with Gasteiger partial charge in [0.2, 0.25) is 0 Å². The average Bonchev–Trinajstić information content (AvgIpc) is 2.39. The minimum atomic E-state index is -4.46. The predicted octanol–water partition coefficient (Wildman–Crippen LogP) is 2.72. The van der Waals surface area contributed by atoms with E-state index in [2.05, 4.69) is 5.32 Å². The molecule has 0 radical (unpaired) electrons. The monoisotopic (exact) mass is 344 g/mol. The van der Waals surface area contributed by atoms with Gasteiger partial charge in [0, 0.05) is 26.2 Å². The number of halogens is 5. The van der Waals surface area contributed by atoms with Gasteiger partial charge in [-0.1, -0.05) is 17.7 Å². The third kappa shape index (κ3) is 4.47. The first-order valence-corrected chi connectivity index (χ1v) is 6.73. The van der Waals surface area contributed by atoms with E-state index in [1.165, 1.54) is 12.1 Å². The molecule has 8 heteroatoms. The maximum Gasteiger partial charge on any atom is 0.417 e. The molecule has 2 N–H and O–H groups in total. The molecular formula is C13H17Cl2F3N2O. The van der Waals surface area contributed by atoms with Gasteiger partial charge in [-0.25, -0.2) is 0 Å². The quantitative estimate of drug-likeness (QED) is 0.884. The van der Waals surface area contributed by atoms with Gasteiger partial charge in [-0.2, -0.15) is 13.2 Å². The third-order valence-electron chi connectivity index (χ3n) is 3.45. The lowest BCUT2D eigenvalue weighted by Gasteiger charge is -2.34. The summed E-state index contributed by atoms with van der Waals surface area (Å²) in [4.78, 5) is 2.04. The van der Waals surface area contributed by atoms with Gasteiger partial charge in [-0.05, 0) is 17.7 Å². The molecule has 2 rings (SSSR count). The maximum atomic E-state index is 12.7. The summed E-state index contributed by atoms with van der Waals surface area (Å²) in [6.45, 7) is 2.92. The zero-order valence-corrected chi connectivity index (χ0v) is 12.7. The number of hydrogen-bond donors (Lipinski definition) is 2. The molecule has 1 heterocycles. The molecule has 0 unspecified atom stereocenters.